The Balaban J connectivity index is 2.21. The lowest BCUT2D eigenvalue weighted by atomic mass is 10.2. The van der Waals surface area contributed by atoms with Crippen molar-refractivity contribution in [2.24, 2.45) is 5.84 Å². The Bertz CT molecular complexity index is 556. The van der Waals surface area contributed by atoms with Gasteiger partial charge in [-0.05, 0) is 31.2 Å². The van der Waals surface area contributed by atoms with E-state index in [1.807, 2.05) is 0 Å². The Hall–Kier alpha value is -2.47. The molecule has 2 heterocycles. The van der Waals surface area contributed by atoms with Gasteiger partial charge in [-0.3, -0.25) is 4.79 Å². The van der Waals surface area contributed by atoms with E-state index in [4.69, 9.17) is 5.84 Å². The Morgan fingerprint density at radius 1 is 1.28 bits per heavy atom. The van der Waals surface area contributed by atoms with E-state index in [9.17, 15) is 4.79 Å². The van der Waals surface area contributed by atoms with Crippen molar-refractivity contribution in [1.29, 1.82) is 0 Å². The minimum Gasteiger partial charge on any atom is -0.308 e. The Kier molecular flexibility index (Phi) is 3.49. The average Bonchev–Trinajstić information content (AvgIpc) is 2.39. The minimum atomic E-state index is -0.254. The van der Waals surface area contributed by atoms with Gasteiger partial charge in [0.05, 0.1) is 0 Å². The number of nitrogens with one attached hydrogen (secondary N) is 2. The van der Waals surface area contributed by atoms with E-state index in [2.05, 4.69) is 20.7 Å². The maximum Gasteiger partial charge on any atom is 0.257 e. The fourth-order valence-corrected chi connectivity index (χ4v) is 1.50. The molecule has 6 nitrogen and oxygen atoms in total. The fourth-order valence-electron chi connectivity index (χ4n) is 1.50. The van der Waals surface area contributed by atoms with Crippen LogP contribution in [-0.2, 0) is 0 Å². The first-order chi connectivity index (χ1) is 8.69. The number of carbonyl (C=O) groups is 1. The van der Waals surface area contributed by atoms with Crippen LogP contribution in [0.5, 0.6) is 0 Å². The number of carbonyl (C=O) groups excluding carboxylic acids is 1. The summed E-state index contributed by atoms with van der Waals surface area (Å²) in [7, 11) is 0. The third kappa shape index (κ3) is 2.80. The summed E-state index contributed by atoms with van der Waals surface area (Å²) in [4.78, 5) is 20.1. The number of amides is 1. The molecule has 18 heavy (non-hydrogen) atoms. The van der Waals surface area contributed by atoms with Crippen LogP contribution in [0.2, 0.25) is 0 Å². The van der Waals surface area contributed by atoms with E-state index in [-0.39, 0.29) is 5.91 Å². The maximum absolute atomic E-state index is 12.0. The molecule has 2 aromatic heterocycles. The number of aromatic nitrogens is 2. The summed E-state index contributed by atoms with van der Waals surface area (Å²) < 4.78 is 0. The third-order valence-electron chi connectivity index (χ3n) is 2.27. The molecule has 0 bridgehead atoms. The molecule has 92 valence electrons. The predicted molar refractivity (Wildman–Crippen MR) is 69.0 cm³/mol. The van der Waals surface area contributed by atoms with Crippen LogP contribution in [0.3, 0.4) is 0 Å². The van der Waals surface area contributed by atoms with Crippen molar-refractivity contribution < 1.29 is 4.79 Å². The van der Waals surface area contributed by atoms with Crippen LogP contribution >= 0.6 is 0 Å². The summed E-state index contributed by atoms with van der Waals surface area (Å²) in [5.41, 5.74) is 3.60. The molecule has 0 saturated heterocycles. The van der Waals surface area contributed by atoms with E-state index in [1.54, 1.807) is 43.5 Å². The molecule has 0 radical (unpaired) electrons. The van der Waals surface area contributed by atoms with Crippen LogP contribution in [-0.4, -0.2) is 15.9 Å². The normalized spacial score (nSPS) is 9.89. The number of pyridine rings is 2. The number of aryl methyl sites for hydroxylation is 1. The lowest BCUT2D eigenvalue weighted by Gasteiger charge is -2.07. The highest BCUT2D eigenvalue weighted by Gasteiger charge is 2.09. The van der Waals surface area contributed by atoms with Gasteiger partial charge in [-0.1, -0.05) is 6.07 Å². The van der Waals surface area contributed by atoms with Crippen LogP contribution in [0.1, 0.15) is 16.1 Å². The van der Waals surface area contributed by atoms with Gasteiger partial charge in [0.2, 0.25) is 0 Å². The van der Waals surface area contributed by atoms with Crippen LogP contribution in [0, 0.1) is 6.92 Å². The summed E-state index contributed by atoms with van der Waals surface area (Å²) in [6.07, 6.45) is 1.61. The van der Waals surface area contributed by atoms with Crippen molar-refractivity contribution >= 4 is 17.5 Å². The average molecular weight is 243 g/mol. The molecule has 0 aromatic carbocycles. The largest absolute Gasteiger partial charge is 0.308 e. The van der Waals surface area contributed by atoms with Crippen LogP contribution in [0.15, 0.2) is 36.5 Å². The highest BCUT2D eigenvalue weighted by atomic mass is 16.1. The summed E-state index contributed by atoms with van der Waals surface area (Å²) in [6, 6.07) is 8.55. The summed E-state index contributed by atoms with van der Waals surface area (Å²) >= 11 is 0. The van der Waals surface area contributed by atoms with E-state index in [0.717, 1.165) is 0 Å². The fraction of sp³-hybridized carbons (Fsp3) is 0.0833. The molecule has 0 atom stereocenters. The van der Waals surface area contributed by atoms with Gasteiger partial charge in [0.15, 0.2) is 0 Å². The van der Waals surface area contributed by atoms with Crippen molar-refractivity contribution in [3.05, 3.63) is 47.8 Å². The van der Waals surface area contributed by atoms with Crippen LogP contribution < -0.4 is 16.6 Å². The zero-order chi connectivity index (χ0) is 13.0. The van der Waals surface area contributed by atoms with Gasteiger partial charge in [0.1, 0.15) is 11.6 Å². The molecule has 0 aliphatic rings. The smallest absolute Gasteiger partial charge is 0.257 e. The number of nitrogens with zero attached hydrogens (tertiary/aromatic N) is 2. The molecule has 0 spiro atoms. The van der Waals surface area contributed by atoms with Crippen LogP contribution in [0.25, 0.3) is 0 Å². The zero-order valence-corrected chi connectivity index (χ0v) is 9.84. The Morgan fingerprint density at radius 3 is 2.78 bits per heavy atom. The quantitative estimate of drug-likeness (QED) is 0.558. The van der Waals surface area contributed by atoms with E-state index in [1.165, 1.54) is 0 Å². The Morgan fingerprint density at radius 2 is 2.11 bits per heavy atom. The van der Waals surface area contributed by atoms with Gasteiger partial charge >= 0.3 is 0 Å². The first kappa shape index (κ1) is 12.0. The van der Waals surface area contributed by atoms with Crippen LogP contribution in [0.4, 0.5) is 11.6 Å². The number of hydrogen-bond acceptors (Lipinski definition) is 5. The number of nitrogens with two attached hydrogens (primary N) is 1. The molecule has 2 rings (SSSR count). The van der Waals surface area contributed by atoms with Crippen molar-refractivity contribution in [3.63, 3.8) is 0 Å². The summed E-state index contributed by atoms with van der Waals surface area (Å²) in [5.74, 6) is 5.97. The Labute approximate surface area is 104 Å². The number of anilines is 2. The monoisotopic (exact) mass is 243 g/mol. The number of hydrazine groups is 1. The number of rotatable bonds is 3. The predicted octanol–water partition coefficient (Wildman–Crippen LogP) is 1.32. The van der Waals surface area contributed by atoms with Crippen molar-refractivity contribution in [3.8, 4) is 0 Å². The lowest BCUT2D eigenvalue weighted by Crippen LogP contribution is -2.15. The molecule has 0 aliphatic heterocycles. The first-order valence-corrected chi connectivity index (χ1v) is 5.37. The van der Waals surface area contributed by atoms with Crippen molar-refractivity contribution in [1.82, 2.24) is 9.97 Å². The van der Waals surface area contributed by atoms with Crippen molar-refractivity contribution in [2.75, 3.05) is 10.7 Å². The number of nitrogen functional groups attached to an aromatic ring is 1. The van der Waals surface area contributed by atoms with Gasteiger partial charge in [-0.2, -0.15) is 0 Å². The van der Waals surface area contributed by atoms with Crippen molar-refractivity contribution in [2.45, 2.75) is 6.92 Å². The van der Waals surface area contributed by atoms with E-state index < -0.39 is 0 Å². The van der Waals surface area contributed by atoms with Gasteiger partial charge in [0, 0.05) is 17.5 Å². The highest BCUT2D eigenvalue weighted by molar-refractivity contribution is 6.04. The van der Waals surface area contributed by atoms with E-state index in [0.29, 0.717) is 22.9 Å². The van der Waals surface area contributed by atoms with Gasteiger partial charge in [0.25, 0.3) is 5.91 Å². The molecule has 1 amide bonds. The molecular weight excluding hydrogens is 230 g/mol. The van der Waals surface area contributed by atoms with Gasteiger partial charge in [-0.15, -0.1) is 0 Å². The topological polar surface area (TPSA) is 92.9 Å². The molecule has 0 saturated carbocycles. The summed E-state index contributed by atoms with van der Waals surface area (Å²) in [5, 5.41) is 2.69. The van der Waals surface area contributed by atoms with E-state index >= 15 is 0 Å². The SMILES string of the molecule is Cc1cc(C(=O)Nc2ccccn2)cc(NN)n1. The zero-order valence-electron chi connectivity index (χ0n) is 9.84. The first-order valence-electron chi connectivity index (χ1n) is 5.37. The molecule has 0 fully saturated rings. The number of hydrogen-bond donors (Lipinski definition) is 3. The third-order valence-corrected chi connectivity index (χ3v) is 2.27. The molecule has 0 aliphatic carbocycles. The molecule has 4 N–H and O–H groups in total. The standard InChI is InChI=1S/C12H13N5O/c1-8-6-9(7-11(15-8)17-13)12(18)16-10-4-2-3-5-14-10/h2-7H,13H2,1H3,(H,15,17)(H,14,16,18). The second kappa shape index (κ2) is 5.24. The second-order valence-corrected chi connectivity index (χ2v) is 3.70. The molecule has 0 unspecified atom stereocenters. The second-order valence-electron chi connectivity index (χ2n) is 3.70. The minimum absolute atomic E-state index is 0.254. The summed E-state index contributed by atoms with van der Waals surface area (Å²) in [6.45, 7) is 1.79. The maximum atomic E-state index is 12.0. The van der Waals surface area contributed by atoms with Gasteiger partial charge in [-0.25, -0.2) is 15.8 Å². The molecular formula is C12H13N5O. The molecule has 6 heteroatoms. The molecule has 2 aromatic rings. The highest BCUT2D eigenvalue weighted by Crippen LogP contribution is 2.11. The van der Waals surface area contributed by atoms with Gasteiger partial charge < -0.3 is 10.7 Å². The lowest BCUT2D eigenvalue weighted by molar-refractivity contribution is 0.102.